The van der Waals surface area contributed by atoms with E-state index in [9.17, 15) is 4.79 Å². The highest BCUT2D eigenvalue weighted by molar-refractivity contribution is 5.95. The van der Waals surface area contributed by atoms with E-state index in [1.165, 1.54) is 0 Å². The Morgan fingerprint density at radius 2 is 1.96 bits per heavy atom. The van der Waals surface area contributed by atoms with Gasteiger partial charge in [-0.05, 0) is 31.2 Å². The number of anilines is 1. The molecule has 1 atom stereocenters. The Labute approximate surface area is 148 Å². The predicted molar refractivity (Wildman–Crippen MR) is 96.6 cm³/mol. The zero-order valence-corrected chi connectivity index (χ0v) is 14.8. The van der Waals surface area contributed by atoms with Crippen LogP contribution in [0.2, 0.25) is 0 Å². The summed E-state index contributed by atoms with van der Waals surface area (Å²) in [6.07, 6.45) is 1.70. The Balaban J connectivity index is 1.51. The van der Waals surface area contributed by atoms with E-state index in [1.54, 1.807) is 13.4 Å². The van der Waals surface area contributed by atoms with Crippen molar-refractivity contribution >= 4 is 11.6 Å². The van der Waals surface area contributed by atoms with Crippen LogP contribution in [0.4, 0.5) is 5.69 Å². The van der Waals surface area contributed by atoms with Crippen molar-refractivity contribution in [2.75, 3.05) is 38.6 Å². The van der Waals surface area contributed by atoms with Gasteiger partial charge in [-0.1, -0.05) is 12.1 Å². The topological polar surface area (TPSA) is 58.0 Å². The van der Waals surface area contributed by atoms with Crippen LogP contribution in [0.25, 0.3) is 0 Å². The third-order valence-corrected chi connectivity index (χ3v) is 4.66. The summed E-state index contributed by atoms with van der Waals surface area (Å²) in [5.74, 6) is 1.64. The van der Waals surface area contributed by atoms with Crippen molar-refractivity contribution in [3.05, 3.63) is 48.4 Å². The average Bonchev–Trinajstić information content (AvgIpc) is 3.15. The van der Waals surface area contributed by atoms with E-state index in [4.69, 9.17) is 9.15 Å². The fourth-order valence-electron chi connectivity index (χ4n) is 3.08. The van der Waals surface area contributed by atoms with Gasteiger partial charge in [0.25, 0.3) is 0 Å². The van der Waals surface area contributed by atoms with Crippen molar-refractivity contribution in [2.45, 2.75) is 19.5 Å². The van der Waals surface area contributed by atoms with Gasteiger partial charge < -0.3 is 14.5 Å². The number of nitrogens with zero attached hydrogens (tertiary/aromatic N) is 2. The predicted octanol–water partition coefficient (Wildman–Crippen LogP) is 2.43. The average molecular weight is 343 g/mol. The zero-order chi connectivity index (χ0) is 17.6. The highest BCUT2D eigenvalue weighted by atomic mass is 16.5. The highest BCUT2D eigenvalue weighted by Crippen LogP contribution is 2.23. The number of hydrogen-bond acceptors (Lipinski definition) is 5. The molecule has 1 saturated heterocycles. The van der Waals surface area contributed by atoms with Crippen LogP contribution in [0.15, 0.2) is 47.1 Å². The third kappa shape index (κ3) is 4.41. The molecular weight excluding hydrogens is 318 g/mol. The van der Waals surface area contributed by atoms with Crippen molar-refractivity contribution in [1.29, 1.82) is 0 Å². The van der Waals surface area contributed by atoms with Crippen LogP contribution < -0.4 is 10.1 Å². The maximum absolute atomic E-state index is 12.6. The van der Waals surface area contributed by atoms with E-state index in [-0.39, 0.29) is 11.9 Å². The molecule has 2 heterocycles. The third-order valence-electron chi connectivity index (χ3n) is 4.66. The first-order chi connectivity index (χ1) is 12.2. The molecule has 134 valence electrons. The number of benzene rings is 1. The molecule has 1 N–H and O–H groups in total. The summed E-state index contributed by atoms with van der Waals surface area (Å²) in [6, 6.07) is 11.2. The minimum absolute atomic E-state index is 0.0102. The molecule has 1 aliphatic heterocycles. The SMILES string of the molecule is COc1ccccc1NC(=O)[C@H](C)N1CCN(Cc2ccco2)CC1. The molecule has 1 aromatic heterocycles. The Morgan fingerprint density at radius 3 is 2.64 bits per heavy atom. The second-order valence-electron chi connectivity index (χ2n) is 6.26. The van der Waals surface area contributed by atoms with Crippen LogP contribution >= 0.6 is 0 Å². The molecule has 6 heteroatoms. The Bertz CT molecular complexity index is 679. The van der Waals surface area contributed by atoms with Crippen LogP contribution in [-0.4, -0.2) is 55.0 Å². The lowest BCUT2D eigenvalue weighted by atomic mass is 10.2. The number of methoxy groups -OCH3 is 1. The lowest BCUT2D eigenvalue weighted by molar-refractivity contribution is -0.121. The first-order valence-electron chi connectivity index (χ1n) is 8.60. The van der Waals surface area contributed by atoms with Gasteiger partial charge in [0.15, 0.2) is 0 Å². The van der Waals surface area contributed by atoms with E-state index in [0.29, 0.717) is 11.4 Å². The molecule has 0 unspecified atom stereocenters. The number of carbonyl (C=O) groups is 1. The normalized spacial score (nSPS) is 17.2. The summed E-state index contributed by atoms with van der Waals surface area (Å²) in [7, 11) is 1.60. The Kier molecular flexibility index (Phi) is 5.73. The summed E-state index contributed by atoms with van der Waals surface area (Å²) in [5, 5.41) is 2.97. The largest absolute Gasteiger partial charge is 0.495 e. The summed E-state index contributed by atoms with van der Waals surface area (Å²) in [5.41, 5.74) is 0.707. The number of hydrogen-bond donors (Lipinski definition) is 1. The summed E-state index contributed by atoms with van der Waals surface area (Å²) < 4.78 is 10.7. The monoisotopic (exact) mass is 343 g/mol. The van der Waals surface area contributed by atoms with Gasteiger partial charge in [0.2, 0.25) is 5.91 Å². The Morgan fingerprint density at radius 1 is 1.20 bits per heavy atom. The summed E-state index contributed by atoms with van der Waals surface area (Å²) in [4.78, 5) is 17.1. The minimum Gasteiger partial charge on any atom is -0.495 e. The van der Waals surface area contributed by atoms with Crippen LogP contribution in [0.1, 0.15) is 12.7 Å². The van der Waals surface area contributed by atoms with Gasteiger partial charge >= 0.3 is 0 Å². The summed E-state index contributed by atoms with van der Waals surface area (Å²) >= 11 is 0. The number of nitrogens with one attached hydrogen (secondary N) is 1. The molecule has 0 saturated carbocycles. The van der Waals surface area contributed by atoms with Crippen molar-refractivity contribution < 1.29 is 13.9 Å². The number of para-hydroxylation sites is 2. The van der Waals surface area contributed by atoms with Gasteiger partial charge in [0, 0.05) is 26.2 Å². The highest BCUT2D eigenvalue weighted by Gasteiger charge is 2.26. The number of furan rings is 1. The second-order valence-corrected chi connectivity index (χ2v) is 6.26. The number of amides is 1. The number of ether oxygens (including phenoxy) is 1. The number of piperazine rings is 1. The van der Waals surface area contributed by atoms with Crippen LogP contribution in [0.5, 0.6) is 5.75 Å². The molecule has 0 aliphatic carbocycles. The van der Waals surface area contributed by atoms with E-state index < -0.39 is 0 Å². The molecule has 0 spiro atoms. The van der Waals surface area contributed by atoms with E-state index in [1.807, 2.05) is 43.3 Å². The quantitative estimate of drug-likeness (QED) is 0.873. The molecule has 3 rings (SSSR count). The molecule has 1 aliphatic rings. The van der Waals surface area contributed by atoms with Gasteiger partial charge in [-0.15, -0.1) is 0 Å². The lowest BCUT2D eigenvalue weighted by Crippen LogP contribution is -2.52. The standard InChI is InChI=1S/C19H25N3O3/c1-15(19(23)20-17-7-3-4-8-18(17)24-2)22-11-9-21(10-12-22)14-16-6-5-13-25-16/h3-8,13,15H,9-12,14H2,1-2H3,(H,20,23)/t15-/m0/s1. The smallest absolute Gasteiger partial charge is 0.241 e. The van der Waals surface area contributed by atoms with E-state index in [0.717, 1.165) is 38.5 Å². The van der Waals surface area contributed by atoms with Crippen molar-refractivity contribution in [3.8, 4) is 5.75 Å². The summed E-state index contributed by atoms with van der Waals surface area (Å²) in [6.45, 7) is 6.35. The molecule has 1 fully saturated rings. The Hall–Kier alpha value is -2.31. The molecule has 25 heavy (non-hydrogen) atoms. The fraction of sp³-hybridized carbons (Fsp3) is 0.421. The van der Waals surface area contributed by atoms with E-state index in [2.05, 4.69) is 15.1 Å². The van der Waals surface area contributed by atoms with Gasteiger partial charge in [-0.3, -0.25) is 14.6 Å². The van der Waals surface area contributed by atoms with Crippen LogP contribution in [0, 0.1) is 0 Å². The van der Waals surface area contributed by atoms with Crippen LogP contribution in [-0.2, 0) is 11.3 Å². The fourth-order valence-corrected chi connectivity index (χ4v) is 3.08. The second kappa shape index (κ2) is 8.18. The lowest BCUT2D eigenvalue weighted by Gasteiger charge is -2.37. The van der Waals surface area contributed by atoms with Gasteiger partial charge in [0.1, 0.15) is 11.5 Å². The number of carbonyl (C=O) groups excluding carboxylic acids is 1. The molecule has 0 bridgehead atoms. The molecule has 1 aromatic carbocycles. The van der Waals surface area contributed by atoms with Crippen molar-refractivity contribution in [1.82, 2.24) is 9.80 Å². The molecule has 0 radical (unpaired) electrons. The van der Waals surface area contributed by atoms with Gasteiger partial charge in [0.05, 0.1) is 31.6 Å². The maximum Gasteiger partial charge on any atom is 0.241 e. The van der Waals surface area contributed by atoms with Crippen LogP contribution in [0.3, 0.4) is 0 Å². The minimum atomic E-state index is -0.185. The zero-order valence-electron chi connectivity index (χ0n) is 14.8. The molecule has 1 amide bonds. The first kappa shape index (κ1) is 17.5. The first-order valence-corrected chi connectivity index (χ1v) is 8.60. The van der Waals surface area contributed by atoms with Crippen molar-refractivity contribution in [2.24, 2.45) is 0 Å². The molecule has 2 aromatic rings. The van der Waals surface area contributed by atoms with Gasteiger partial charge in [-0.2, -0.15) is 0 Å². The van der Waals surface area contributed by atoms with E-state index >= 15 is 0 Å². The van der Waals surface area contributed by atoms with Crippen molar-refractivity contribution in [3.63, 3.8) is 0 Å². The molecular formula is C19H25N3O3. The molecule has 6 nitrogen and oxygen atoms in total. The number of rotatable bonds is 6. The maximum atomic E-state index is 12.6. The van der Waals surface area contributed by atoms with Gasteiger partial charge in [-0.25, -0.2) is 0 Å².